The van der Waals surface area contributed by atoms with Crippen molar-refractivity contribution in [2.75, 3.05) is 45.9 Å². The van der Waals surface area contributed by atoms with Crippen LogP contribution in [0, 0.1) is 0 Å². The molecule has 0 aromatic heterocycles. The van der Waals surface area contributed by atoms with Crippen LogP contribution in [0.5, 0.6) is 11.5 Å². The van der Waals surface area contributed by atoms with Crippen molar-refractivity contribution in [2.24, 2.45) is 0 Å². The fourth-order valence-electron chi connectivity index (χ4n) is 2.39. The summed E-state index contributed by atoms with van der Waals surface area (Å²) in [5.74, 6) is 1.46. The Balaban J connectivity index is 2.07. The van der Waals surface area contributed by atoms with E-state index in [-0.39, 0.29) is 5.78 Å². The van der Waals surface area contributed by atoms with Gasteiger partial charge in [-0.05, 0) is 32.0 Å². The lowest BCUT2D eigenvalue weighted by Crippen LogP contribution is -2.45. The molecule has 2 rings (SSSR count). The van der Waals surface area contributed by atoms with Gasteiger partial charge < -0.3 is 14.8 Å². The van der Waals surface area contributed by atoms with Gasteiger partial charge in [0.25, 0.3) is 0 Å². The van der Waals surface area contributed by atoms with Crippen molar-refractivity contribution in [1.82, 2.24) is 10.2 Å². The van der Waals surface area contributed by atoms with Crippen LogP contribution in [0.2, 0.25) is 0 Å². The average molecular weight is 292 g/mol. The predicted octanol–water partition coefficient (Wildman–Crippen LogP) is 1.57. The largest absolute Gasteiger partial charge is 0.490 e. The summed E-state index contributed by atoms with van der Waals surface area (Å²) in [7, 11) is 0. The van der Waals surface area contributed by atoms with Crippen molar-refractivity contribution < 1.29 is 14.3 Å². The highest BCUT2D eigenvalue weighted by Crippen LogP contribution is 2.28. The summed E-state index contributed by atoms with van der Waals surface area (Å²) in [6.45, 7) is 9.17. The maximum absolute atomic E-state index is 12.4. The molecule has 5 heteroatoms. The third kappa shape index (κ3) is 4.44. The molecule has 5 nitrogen and oxygen atoms in total. The van der Waals surface area contributed by atoms with E-state index < -0.39 is 0 Å². The summed E-state index contributed by atoms with van der Waals surface area (Å²) in [6, 6.07) is 5.43. The van der Waals surface area contributed by atoms with Crippen molar-refractivity contribution in [3.05, 3.63) is 23.8 Å². The first kappa shape index (κ1) is 15.8. The van der Waals surface area contributed by atoms with Crippen LogP contribution >= 0.6 is 0 Å². The van der Waals surface area contributed by atoms with Crippen molar-refractivity contribution in [3.63, 3.8) is 0 Å². The first-order chi connectivity index (χ1) is 10.2. The molecule has 0 aliphatic carbocycles. The van der Waals surface area contributed by atoms with Gasteiger partial charge in [-0.1, -0.05) is 0 Å². The summed E-state index contributed by atoms with van der Waals surface area (Å²) in [5, 5.41) is 3.29. The Morgan fingerprint density at radius 1 is 1.14 bits per heavy atom. The normalized spacial score (nSPS) is 15.7. The van der Waals surface area contributed by atoms with Crippen LogP contribution < -0.4 is 14.8 Å². The van der Waals surface area contributed by atoms with Crippen LogP contribution in [0.3, 0.4) is 0 Å². The van der Waals surface area contributed by atoms with E-state index in [1.165, 1.54) is 0 Å². The Labute approximate surface area is 126 Å². The van der Waals surface area contributed by atoms with Gasteiger partial charge >= 0.3 is 0 Å². The lowest BCUT2D eigenvalue weighted by Gasteiger charge is -2.26. The van der Waals surface area contributed by atoms with Gasteiger partial charge in [-0.3, -0.25) is 9.69 Å². The van der Waals surface area contributed by atoms with Crippen LogP contribution in [-0.4, -0.2) is 56.6 Å². The van der Waals surface area contributed by atoms with Gasteiger partial charge in [0.05, 0.1) is 19.8 Å². The Morgan fingerprint density at radius 3 is 2.48 bits per heavy atom. The van der Waals surface area contributed by atoms with Crippen LogP contribution in [0.1, 0.15) is 24.2 Å². The fraction of sp³-hybridized carbons (Fsp3) is 0.562. The number of piperazine rings is 1. The van der Waals surface area contributed by atoms with Crippen molar-refractivity contribution in [3.8, 4) is 11.5 Å². The van der Waals surface area contributed by atoms with Gasteiger partial charge in [-0.15, -0.1) is 0 Å². The molecule has 0 bridgehead atoms. The van der Waals surface area contributed by atoms with Crippen LogP contribution in [0.25, 0.3) is 0 Å². The predicted molar refractivity (Wildman–Crippen MR) is 82.4 cm³/mol. The number of ether oxygens (including phenoxy) is 2. The van der Waals surface area contributed by atoms with E-state index in [9.17, 15) is 4.79 Å². The summed E-state index contributed by atoms with van der Waals surface area (Å²) in [5.41, 5.74) is 0.681. The standard InChI is InChI=1S/C16H24N2O3/c1-3-20-15-6-5-13(11-16(15)21-4-2)14(19)12-18-9-7-17-8-10-18/h5-6,11,17H,3-4,7-10,12H2,1-2H3. The Bertz CT molecular complexity index is 471. The third-order valence-electron chi connectivity index (χ3n) is 3.44. The number of rotatable bonds is 7. The molecule has 0 saturated carbocycles. The number of carbonyl (C=O) groups is 1. The molecule has 0 amide bonds. The molecule has 1 heterocycles. The molecule has 0 atom stereocenters. The number of carbonyl (C=O) groups excluding carboxylic acids is 1. The highest BCUT2D eigenvalue weighted by molar-refractivity contribution is 5.98. The first-order valence-corrected chi connectivity index (χ1v) is 7.60. The van der Waals surface area contributed by atoms with Crippen molar-refractivity contribution >= 4 is 5.78 Å². The minimum Gasteiger partial charge on any atom is -0.490 e. The molecule has 0 radical (unpaired) electrons. The zero-order chi connectivity index (χ0) is 15.1. The van der Waals surface area contributed by atoms with Crippen molar-refractivity contribution in [2.45, 2.75) is 13.8 Å². The second-order valence-corrected chi connectivity index (χ2v) is 4.98. The van der Waals surface area contributed by atoms with Crippen molar-refractivity contribution in [1.29, 1.82) is 0 Å². The number of hydrogen-bond donors (Lipinski definition) is 1. The third-order valence-corrected chi connectivity index (χ3v) is 3.44. The average Bonchev–Trinajstić information content (AvgIpc) is 2.50. The molecule has 1 fully saturated rings. The Hall–Kier alpha value is -1.59. The lowest BCUT2D eigenvalue weighted by atomic mass is 10.1. The molecule has 1 aromatic carbocycles. The molecule has 1 saturated heterocycles. The van der Waals surface area contributed by atoms with Gasteiger partial charge in [0, 0.05) is 31.7 Å². The minimum absolute atomic E-state index is 0.126. The van der Waals surface area contributed by atoms with E-state index in [1.807, 2.05) is 26.0 Å². The smallest absolute Gasteiger partial charge is 0.176 e. The van der Waals surface area contributed by atoms with Gasteiger partial charge in [-0.25, -0.2) is 0 Å². The fourth-order valence-corrected chi connectivity index (χ4v) is 2.39. The SMILES string of the molecule is CCOc1ccc(C(=O)CN2CCNCC2)cc1OCC. The molecule has 1 aliphatic rings. The van der Waals surface area contributed by atoms with E-state index in [4.69, 9.17) is 9.47 Å². The van der Waals surface area contributed by atoms with E-state index in [0.717, 1.165) is 26.2 Å². The minimum atomic E-state index is 0.126. The summed E-state index contributed by atoms with van der Waals surface area (Å²) < 4.78 is 11.1. The quantitative estimate of drug-likeness (QED) is 0.773. The van der Waals surface area contributed by atoms with Gasteiger partial charge in [0.1, 0.15) is 0 Å². The summed E-state index contributed by atoms with van der Waals surface area (Å²) in [6.07, 6.45) is 0. The first-order valence-electron chi connectivity index (χ1n) is 7.60. The molecular weight excluding hydrogens is 268 g/mol. The second-order valence-electron chi connectivity index (χ2n) is 4.98. The molecule has 1 N–H and O–H groups in total. The Morgan fingerprint density at radius 2 is 1.81 bits per heavy atom. The maximum Gasteiger partial charge on any atom is 0.176 e. The Kier molecular flexibility index (Phi) is 6.02. The van der Waals surface area contributed by atoms with E-state index in [2.05, 4.69) is 10.2 Å². The summed E-state index contributed by atoms with van der Waals surface area (Å²) in [4.78, 5) is 14.6. The zero-order valence-corrected chi connectivity index (χ0v) is 12.9. The number of nitrogens with zero attached hydrogens (tertiary/aromatic N) is 1. The number of nitrogens with one attached hydrogen (secondary N) is 1. The number of hydrogen-bond acceptors (Lipinski definition) is 5. The topological polar surface area (TPSA) is 50.8 Å². The number of benzene rings is 1. The zero-order valence-electron chi connectivity index (χ0n) is 12.9. The number of Topliss-reactive ketones (excluding diaryl/α,β-unsaturated/α-hetero) is 1. The molecule has 0 spiro atoms. The molecule has 1 aromatic rings. The van der Waals surface area contributed by atoms with E-state index in [0.29, 0.717) is 36.8 Å². The molecular formula is C16H24N2O3. The lowest BCUT2D eigenvalue weighted by molar-refractivity contribution is 0.0921. The monoisotopic (exact) mass is 292 g/mol. The van der Waals surface area contributed by atoms with Crippen LogP contribution in [0.15, 0.2) is 18.2 Å². The highest BCUT2D eigenvalue weighted by atomic mass is 16.5. The highest BCUT2D eigenvalue weighted by Gasteiger charge is 2.16. The molecule has 0 unspecified atom stereocenters. The van der Waals surface area contributed by atoms with Crippen LogP contribution in [-0.2, 0) is 0 Å². The molecule has 1 aliphatic heterocycles. The number of ketones is 1. The van der Waals surface area contributed by atoms with Gasteiger partial charge in [0.15, 0.2) is 17.3 Å². The van der Waals surface area contributed by atoms with Gasteiger partial charge in [-0.2, -0.15) is 0 Å². The van der Waals surface area contributed by atoms with E-state index >= 15 is 0 Å². The summed E-state index contributed by atoms with van der Waals surface area (Å²) >= 11 is 0. The maximum atomic E-state index is 12.4. The van der Waals surface area contributed by atoms with Crippen LogP contribution in [0.4, 0.5) is 0 Å². The molecule has 116 valence electrons. The van der Waals surface area contributed by atoms with Gasteiger partial charge in [0.2, 0.25) is 0 Å². The second kappa shape index (κ2) is 8.00. The van der Waals surface area contributed by atoms with E-state index in [1.54, 1.807) is 6.07 Å². The molecule has 21 heavy (non-hydrogen) atoms.